The number of carboxylic acids is 1. The van der Waals surface area contributed by atoms with E-state index in [9.17, 15) is 14.0 Å². The van der Waals surface area contributed by atoms with Crippen molar-refractivity contribution in [3.05, 3.63) is 24.0 Å². The van der Waals surface area contributed by atoms with Gasteiger partial charge in [0.05, 0.1) is 19.2 Å². The first-order valence-corrected chi connectivity index (χ1v) is 4.88. The van der Waals surface area contributed by atoms with Crippen molar-refractivity contribution in [1.29, 1.82) is 0 Å². The molecule has 1 aromatic rings. The van der Waals surface area contributed by atoms with Crippen LogP contribution in [0.5, 0.6) is 5.75 Å². The van der Waals surface area contributed by atoms with Crippen molar-refractivity contribution < 1.29 is 23.8 Å². The highest BCUT2D eigenvalue weighted by Crippen LogP contribution is 2.24. The SMILES string of the molecule is COc1ccc(F)cc1NC(=O)CCC(=O)O. The Morgan fingerprint density at radius 3 is 2.71 bits per heavy atom. The highest BCUT2D eigenvalue weighted by molar-refractivity contribution is 5.93. The number of ether oxygens (including phenoxy) is 1. The summed E-state index contributed by atoms with van der Waals surface area (Å²) in [6, 6.07) is 3.69. The zero-order valence-electron chi connectivity index (χ0n) is 9.20. The number of aliphatic carboxylic acids is 1. The van der Waals surface area contributed by atoms with E-state index in [2.05, 4.69) is 5.32 Å². The second-order valence-corrected chi connectivity index (χ2v) is 3.29. The van der Waals surface area contributed by atoms with Gasteiger partial charge in [0.15, 0.2) is 0 Å². The summed E-state index contributed by atoms with van der Waals surface area (Å²) in [6.45, 7) is 0. The molecule has 1 aromatic carbocycles. The zero-order valence-corrected chi connectivity index (χ0v) is 9.20. The Balaban J connectivity index is 2.69. The topological polar surface area (TPSA) is 75.6 Å². The fourth-order valence-electron chi connectivity index (χ4n) is 1.21. The average molecular weight is 241 g/mol. The van der Waals surface area contributed by atoms with E-state index in [1.165, 1.54) is 19.2 Å². The molecule has 0 aliphatic rings. The van der Waals surface area contributed by atoms with Crippen LogP contribution in [-0.2, 0) is 9.59 Å². The molecule has 0 atom stereocenters. The Hall–Kier alpha value is -2.11. The predicted octanol–water partition coefficient (Wildman–Crippen LogP) is 1.64. The van der Waals surface area contributed by atoms with Gasteiger partial charge in [-0.05, 0) is 12.1 Å². The molecule has 0 spiro atoms. The molecule has 0 aromatic heterocycles. The van der Waals surface area contributed by atoms with E-state index in [0.29, 0.717) is 5.75 Å². The number of carbonyl (C=O) groups excluding carboxylic acids is 1. The van der Waals surface area contributed by atoms with E-state index in [-0.39, 0.29) is 18.5 Å². The molecule has 0 heterocycles. The van der Waals surface area contributed by atoms with Gasteiger partial charge in [-0.25, -0.2) is 4.39 Å². The lowest BCUT2D eigenvalue weighted by atomic mass is 10.2. The van der Waals surface area contributed by atoms with Gasteiger partial charge in [-0.1, -0.05) is 0 Å². The molecule has 0 saturated heterocycles. The number of rotatable bonds is 5. The third-order valence-corrected chi connectivity index (χ3v) is 2.00. The van der Waals surface area contributed by atoms with Gasteiger partial charge in [0.25, 0.3) is 0 Å². The molecule has 1 amide bonds. The molecule has 0 unspecified atom stereocenters. The Morgan fingerprint density at radius 2 is 2.12 bits per heavy atom. The van der Waals surface area contributed by atoms with E-state index >= 15 is 0 Å². The summed E-state index contributed by atoms with van der Waals surface area (Å²) in [5.74, 6) is -1.77. The molecule has 92 valence electrons. The number of amides is 1. The maximum Gasteiger partial charge on any atom is 0.303 e. The quantitative estimate of drug-likeness (QED) is 0.821. The van der Waals surface area contributed by atoms with Crippen molar-refractivity contribution in [3.8, 4) is 5.75 Å². The number of anilines is 1. The third kappa shape index (κ3) is 4.10. The number of methoxy groups -OCH3 is 1. The summed E-state index contributed by atoms with van der Waals surface area (Å²) in [4.78, 5) is 21.6. The number of nitrogens with one attached hydrogen (secondary N) is 1. The number of benzene rings is 1. The van der Waals surface area contributed by atoms with Crippen LogP contribution in [0, 0.1) is 5.82 Å². The summed E-state index contributed by atoms with van der Waals surface area (Å²) in [6.07, 6.45) is -0.446. The maximum absolute atomic E-state index is 12.9. The molecular formula is C11H12FNO4. The van der Waals surface area contributed by atoms with Crippen LogP contribution >= 0.6 is 0 Å². The summed E-state index contributed by atoms with van der Waals surface area (Å²) in [7, 11) is 1.39. The largest absolute Gasteiger partial charge is 0.495 e. The number of carboxylic acid groups (broad SMARTS) is 1. The lowest BCUT2D eigenvalue weighted by Crippen LogP contribution is -2.14. The Bertz CT molecular complexity index is 433. The van der Waals surface area contributed by atoms with Crippen LogP contribution in [-0.4, -0.2) is 24.1 Å². The molecule has 6 heteroatoms. The Kier molecular flexibility index (Phi) is 4.45. The number of carbonyl (C=O) groups is 2. The monoisotopic (exact) mass is 241 g/mol. The molecule has 17 heavy (non-hydrogen) atoms. The highest BCUT2D eigenvalue weighted by atomic mass is 19.1. The Morgan fingerprint density at radius 1 is 1.41 bits per heavy atom. The smallest absolute Gasteiger partial charge is 0.303 e. The molecule has 2 N–H and O–H groups in total. The molecule has 5 nitrogen and oxygen atoms in total. The van der Waals surface area contributed by atoms with Gasteiger partial charge in [-0.2, -0.15) is 0 Å². The van der Waals surface area contributed by atoms with Crippen LogP contribution in [0.25, 0.3) is 0 Å². The van der Waals surface area contributed by atoms with Crippen LogP contribution in [0.1, 0.15) is 12.8 Å². The zero-order chi connectivity index (χ0) is 12.8. The van der Waals surface area contributed by atoms with Gasteiger partial charge < -0.3 is 15.2 Å². The summed E-state index contributed by atoms with van der Waals surface area (Å²) in [5.41, 5.74) is 0.183. The van der Waals surface area contributed by atoms with Crippen LogP contribution in [0.15, 0.2) is 18.2 Å². The van der Waals surface area contributed by atoms with Gasteiger partial charge in [0.2, 0.25) is 5.91 Å². The van der Waals surface area contributed by atoms with E-state index < -0.39 is 17.7 Å². The second-order valence-electron chi connectivity index (χ2n) is 3.29. The molecule has 0 aliphatic carbocycles. The number of hydrogen-bond acceptors (Lipinski definition) is 3. The summed E-state index contributed by atoms with van der Waals surface area (Å²) >= 11 is 0. The van der Waals surface area contributed by atoms with Crippen LogP contribution in [0.2, 0.25) is 0 Å². The molecule has 0 saturated carbocycles. The van der Waals surface area contributed by atoms with Crippen molar-refractivity contribution in [2.75, 3.05) is 12.4 Å². The van der Waals surface area contributed by atoms with Crippen LogP contribution in [0.3, 0.4) is 0 Å². The third-order valence-electron chi connectivity index (χ3n) is 2.00. The first-order valence-electron chi connectivity index (χ1n) is 4.88. The van der Waals surface area contributed by atoms with E-state index in [1.54, 1.807) is 0 Å². The highest BCUT2D eigenvalue weighted by Gasteiger charge is 2.10. The van der Waals surface area contributed by atoms with Crippen molar-refractivity contribution in [3.63, 3.8) is 0 Å². The van der Waals surface area contributed by atoms with E-state index in [4.69, 9.17) is 9.84 Å². The first-order chi connectivity index (χ1) is 8.02. The Labute approximate surface area is 97.2 Å². The summed E-state index contributed by atoms with van der Waals surface area (Å²) < 4.78 is 17.9. The number of halogens is 1. The fourth-order valence-corrected chi connectivity index (χ4v) is 1.21. The van der Waals surface area contributed by atoms with E-state index in [0.717, 1.165) is 6.07 Å². The van der Waals surface area contributed by atoms with Gasteiger partial charge in [0.1, 0.15) is 11.6 Å². The van der Waals surface area contributed by atoms with Crippen molar-refractivity contribution in [2.45, 2.75) is 12.8 Å². The van der Waals surface area contributed by atoms with Crippen molar-refractivity contribution >= 4 is 17.6 Å². The van der Waals surface area contributed by atoms with Gasteiger partial charge in [-0.3, -0.25) is 9.59 Å². The molecule has 0 fully saturated rings. The van der Waals surface area contributed by atoms with Crippen LogP contribution in [0.4, 0.5) is 10.1 Å². The lowest BCUT2D eigenvalue weighted by molar-refractivity contribution is -0.138. The molecule has 1 rings (SSSR count). The average Bonchev–Trinajstić information content (AvgIpc) is 2.27. The first kappa shape index (κ1) is 13.0. The summed E-state index contributed by atoms with van der Waals surface area (Å²) in [5, 5.41) is 10.8. The standard InChI is InChI=1S/C11H12FNO4/c1-17-9-3-2-7(12)6-8(9)13-10(14)4-5-11(15)16/h2-3,6H,4-5H2,1H3,(H,13,14)(H,15,16). The predicted molar refractivity (Wildman–Crippen MR) is 58.5 cm³/mol. The molecular weight excluding hydrogens is 229 g/mol. The normalized spacial score (nSPS) is 9.76. The van der Waals surface area contributed by atoms with E-state index in [1.807, 2.05) is 0 Å². The molecule has 0 bridgehead atoms. The van der Waals surface area contributed by atoms with Crippen molar-refractivity contribution in [1.82, 2.24) is 0 Å². The second kappa shape index (κ2) is 5.83. The van der Waals surface area contributed by atoms with Crippen molar-refractivity contribution in [2.24, 2.45) is 0 Å². The number of hydrogen-bond donors (Lipinski definition) is 2. The lowest BCUT2D eigenvalue weighted by Gasteiger charge is -2.09. The fraction of sp³-hybridized carbons (Fsp3) is 0.273. The minimum atomic E-state index is -1.06. The minimum absolute atomic E-state index is 0.172. The van der Waals surface area contributed by atoms with Gasteiger partial charge >= 0.3 is 5.97 Å². The van der Waals surface area contributed by atoms with Gasteiger partial charge in [-0.15, -0.1) is 0 Å². The molecule has 0 aliphatic heterocycles. The minimum Gasteiger partial charge on any atom is -0.495 e. The van der Waals surface area contributed by atoms with Crippen LogP contribution < -0.4 is 10.1 Å². The maximum atomic E-state index is 12.9. The van der Waals surface area contributed by atoms with Gasteiger partial charge in [0, 0.05) is 12.5 Å². The molecule has 0 radical (unpaired) electrons.